The second-order valence-electron chi connectivity index (χ2n) is 6.10. The average molecular weight is 386 g/mol. The molecule has 0 aliphatic heterocycles. The molecule has 1 amide bonds. The van der Waals surface area contributed by atoms with Crippen molar-refractivity contribution in [2.75, 3.05) is 0 Å². The van der Waals surface area contributed by atoms with Gasteiger partial charge >= 0.3 is 0 Å². The van der Waals surface area contributed by atoms with Crippen molar-refractivity contribution in [3.05, 3.63) is 86.1 Å². The summed E-state index contributed by atoms with van der Waals surface area (Å²) in [5.41, 5.74) is 4.11. The van der Waals surface area contributed by atoms with Crippen molar-refractivity contribution < 1.29 is 9.53 Å². The number of halogens is 1. The standard InChI is InChI=1S/C21H20ClNO2S/c1-14-6-5-7-15(2)20(14)25-12-16-10-19(26-13-16)21(24)23-11-17-8-3-4-9-18(17)22/h3-10,13H,11-12H2,1-2H3,(H,23,24). The van der Waals surface area contributed by atoms with E-state index >= 15 is 0 Å². The van der Waals surface area contributed by atoms with Crippen molar-refractivity contribution in [1.29, 1.82) is 0 Å². The Morgan fingerprint density at radius 2 is 1.85 bits per heavy atom. The molecule has 3 rings (SSSR count). The number of carbonyl (C=O) groups excluding carboxylic acids is 1. The molecule has 0 bridgehead atoms. The van der Waals surface area contributed by atoms with Crippen LogP contribution < -0.4 is 10.1 Å². The zero-order valence-electron chi connectivity index (χ0n) is 14.7. The Balaban J connectivity index is 1.59. The van der Waals surface area contributed by atoms with Gasteiger partial charge in [-0.15, -0.1) is 11.3 Å². The molecule has 0 aliphatic carbocycles. The van der Waals surface area contributed by atoms with Crippen LogP contribution in [0.1, 0.15) is 31.9 Å². The third-order valence-electron chi connectivity index (χ3n) is 4.07. The topological polar surface area (TPSA) is 38.3 Å². The van der Waals surface area contributed by atoms with Gasteiger partial charge in [0.1, 0.15) is 12.4 Å². The molecule has 26 heavy (non-hydrogen) atoms. The molecule has 1 N–H and O–H groups in total. The van der Waals surface area contributed by atoms with E-state index in [4.69, 9.17) is 16.3 Å². The highest BCUT2D eigenvalue weighted by Gasteiger charge is 2.11. The van der Waals surface area contributed by atoms with Gasteiger partial charge in [-0.25, -0.2) is 0 Å². The Bertz CT molecular complexity index is 900. The van der Waals surface area contributed by atoms with E-state index in [9.17, 15) is 4.79 Å². The van der Waals surface area contributed by atoms with Crippen LogP contribution in [0.15, 0.2) is 53.9 Å². The van der Waals surface area contributed by atoms with E-state index < -0.39 is 0 Å². The second-order valence-corrected chi connectivity index (χ2v) is 7.42. The van der Waals surface area contributed by atoms with Crippen LogP contribution in [0.25, 0.3) is 0 Å². The largest absolute Gasteiger partial charge is 0.488 e. The number of amides is 1. The number of benzene rings is 2. The van der Waals surface area contributed by atoms with Crippen LogP contribution in [0.5, 0.6) is 5.75 Å². The maximum atomic E-state index is 12.3. The number of aryl methyl sites for hydroxylation is 2. The number of thiophene rings is 1. The summed E-state index contributed by atoms with van der Waals surface area (Å²) in [5.74, 6) is 0.802. The highest BCUT2D eigenvalue weighted by atomic mass is 35.5. The molecule has 0 aliphatic rings. The molecule has 5 heteroatoms. The van der Waals surface area contributed by atoms with Gasteiger partial charge in [0.25, 0.3) is 5.91 Å². The normalized spacial score (nSPS) is 10.6. The summed E-state index contributed by atoms with van der Waals surface area (Å²) in [6, 6.07) is 15.5. The molecule has 0 saturated heterocycles. The molecule has 2 aromatic carbocycles. The first kappa shape index (κ1) is 18.5. The van der Waals surface area contributed by atoms with Gasteiger partial charge < -0.3 is 10.1 Å². The summed E-state index contributed by atoms with van der Waals surface area (Å²) < 4.78 is 5.95. The highest BCUT2D eigenvalue weighted by Crippen LogP contribution is 2.24. The SMILES string of the molecule is Cc1cccc(C)c1OCc1csc(C(=O)NCc2ccccc2Cl)c1. The number of para-hydroxylation sites is 1. The number of rotatable bonds is 6. The van der Waals surface area contributed by atoms with Gasteiger partial charge in [0.05, 0.1) is 4.88 Å². The summed E-state index contributed by atoms with van der Waals surface area (Å²) in [7, 11) is 0. The zero-order chi connectivity index (χ0) is 18.5. The Morgan fingerprint density at radius 3 is 2.58 bits per heavy atom. The van der Waals surface area contributed by atoms with Gasteiger partial charge in [0.15, 0.2) is 0 Å². The van der Waals surface area contributed by atoms with Gasteiger partial charge in [-0.3, -0.25) is 4.79 Å². The van der Waals surface area contributed by atoms with E-state index in [1.54, 1.807) is 0 Å². The smallest absolute Gasteiger partial charge is 0.261 e. The molecule has 0 radical (unpaired) electrons. The lowest BCUT2D eigenvalue weighted by molar-refractivity contribution is 0.0955. The van der Waals surface area contributed by atoms with Crippen LogP contribution >= 0.6 is 22.9 Å². The number of hydrogen-bond donors (Lipinski definition) is 1. The molecule has 0 unspecified atom stereocenters. The van der Waals surface area contributed by atoms with Gasteiger partial charge in [0, 0.05) is 17.1 Å². The van der Waals surface area contributed by atoms with Gasteiger partial charge in [-0.05, 0) is 48.1 Å². The molecule has 1 aromatic heterocycles. The number of hydrogen-bond acceptors (Lipinski definition) is 3. The fourth-order valence-corrected chi connectivity index (χ4v) is 3.67. The Kier molecular flexibility index (Phi) is 5.96. The Hall–Kier alpha value is -2.30. The van der Waals surface area contributed by atoms with Gasteiger partial charge in [-0.2, -0.15) is 0 Å². The minimum Gasteiger partial charge on any atom is -0.488 e. The van der Waals surface area contributed by atoms with Crippen LogP contribution in [0.4, 0.5) is 0 Å². The predicted molar refractivity (Wildman–Crippen MR) is 107 cm³/mol. The van der Waals surface area contributed by atoms with Crippen LogP contribution in [-0.4, -0.2) is 5.91 Å². The lowest BCUT2D eigenvalue weighted by Crippen LogP contribution is -2.21. The second kappa shape index (κ2) is 8.39. The van der Waals surface area contributed by atoms with Crippen molar-refractivity contribution in [3.8, 4) is 5.75 Å². The quantitative estimate of drug-likeness (QED) is 0.606. The summed E-state index contributed by atoms with van der Waals surface area (Å²) in [5, 5.41) is 5.52. The van der Waals surface area contributed by atoms with Crippen LogP contribution in [0.2, 0.25) is 5.02 Å². The summed E-state index contributed by atoms with van der Waals surface area (Å²) in [6.07, 6.45) is 0. The number of carbonyl (C=O) groups is 1. The lowest BCUT2D eigenvalue weighted by Gasteiger charge is -2.11. The monoisotopic (exact) mass is 385 g/mol. The molecule has 3 nitrogen and oxygen atoms in total. The molecular formula is C21H20ClNO2S. The third kappa shape index (κ3) is 4.45. The first-order chi connectivity index (χ1) is 12.5. The van der Waals surface area contributed by atoms with Crippen molar-refractivity contribution >= 4 is 28.8 Å². The molecular weight excluding hydrogens is 366 g/mol. The molecule has 0 atom stereocenters. The van der Waals surface area contributed by atoms with Crippen LogP contribution in [0.3, 0.4) is 0 Å². The van der Waals surface area contributed by atoms with Crippen molar-refractivity contribution in [3.63, 3.8) is 0 Å². The van der Waals surface area contributed by atoms with E-state index in [0.717, 1.165) is 28.0 Å². The molecule has 0 saturated carbocycles. The molecule has 0 spiro atoms. The molecule has 0 fully saturated rings. The Labute approximate surface area is 162 Å². The van der Waals surface area contributed by atoms with Crippen LogP contribution in [-0.2, 0) is 13.2 Å². The fraction of sp³-hybridized carbons (Fsp3) is 0.190. The van der Waals surface area contributed by atoms with Gasteiger partial charge in [-0.1, -0.05) is 48.0 Å². The number of nitrogens with one attached hydrogen (secondary N) is 1. The summed E-state index contributed by atoms with van der Waals surface area (Å²) in [4.78, 5) is 13.0. The minimum atomic E-state index is -0.103. The summed E-state index contributed by atoms with van der Waals surface area (Å²) in [6.45, 7) is 4.91. The first-order valence-corrected chi connectivity index (χ1v) is 9.58. The van der Waals surface area contributed by atoms with E-state index in [0.29, 0.717) is 23.1 Å². The molecule has 1 heterocycles. The maximum Gasteiger partial charge on any atom is 0.261 e. The predicted octanol–water partition coefficient (Wildman–Crippen LogP) is 5.53. The van der Waals surface area contributed by atoms with Crippen molar-refractivity contribution in [2.45, 2.75) is 27.0 Å². The lowest BCUT2D eigenvalue weighted by atomic mass is 10.1. The van der Waals surface area contributed by atoms with Gasteiger partial charge in [0.2, 0.25) is 0 Å². The summed E-state index contributed by atoms with van der Waals surface area (Å²) >= 11 is 7.53. The zero-order valence-corrected chi connectivity index (χ0v) is 16.3. The minimum absolute atomic E-state index is 0.103. The van der Waals surface area contributed by atoms with Crippen molar-refractivity contribution in [2.24, 2.45) is 0 Å². The third-order valence-corrected chi connectivity index (χ3v) is 5.41. The van der Waals surface area contributed by atoms with E-state index in [1.165, 1.54) is 11.3 Å². The maximum absolute atomic E-state index is 12.3. The highest BCUT2D eigenvalue weighted by molar-refractivity contribution is 7.12. The average Bonchev–Trinajstić information content (AvgIpc) is 3.09. The Morgan fingerprint density at radius 1 is 1.12 bits per heavy atom. The first-order valence-electron chi connectivity index (χ1n) is 8.32. The molecule has 3 aromatic rings. The van der Waals surface area contributed by atoms with Crippen molar-refractivity contribution in [1.82, 2.24) is 5.32 Å². The fourth-order valence-electron chi connectivity index (χ4n) is 2.66. The van der Waals surface area contributed by atoms with E-state index in [2.05, 4.69) is 5.32 Å². The van der Waals surface area contributed by atoms with Crippen LogP contribution in [0, 0.1) is 13.8 Å². The van der Waals surface area contributed by atoms with E-state index in [1.807, 2.05) is 67.8 Å². The molecule has 134 valence electrons. The van der Waals surface area contributed by atoms with E-state index in [-0.39, 0.29) is 5.91 Å². The number of ether oxygens (including phenoxy) is 1.